The van der Waals surface area contributed by atoms with Crippen LogP contribution in [0, 0.1) is 0 Å². The minimum absolute atomic E-state index is 0.0103. The molecular weight excluding hydrogens is 274 g/mol. The molecule has 0 aromatic carbocycles. The van der Waals surface area contributed by atoms with E-state index in [2.05, 4.69) is 4.98 Å². The standard InChI is InChI=1S/C10H15N3O3S2/c1-13(6-7-16-2)18(14,15)8-4-3-5-12-9(8)10(11)17/h3-5H,6-7H2,1-2H3,(H2,11,17). The summed E-state index contributed by atoms with van der Waals surface area (Å²) in [6.07, 6.45) is 1.45. The summed E-state index contributed by atoms with van der Waals surface area (Å²) in [7, 11) is -0.696. The van der Waals surface area contributed by atoms with Crippen molar-refractivity contribution < 1.29 is 13.2 Å². The van der Waals surface area contributed by atoms with Crippen molar-refractivity contribution >= 4 is 27.2 Å². The summed E-state index contributed by atoms with van der Waals surface area (Å²) in [5, 5.41) is 0. The Morgan fingerprint density at radius 3 is 2.83 bits per heavy atom. The molecule has 0 aliphatic carbocycles. The molecule has 0 amide bonds. The van der Waals surface area contributed by atoms with Gasteiger partial charge in [-0.2, -0.15) is 4.31 Å². The van der Waals surface area contributed by atoms with Crippen LogP contribution in [0.1, 0.15) is 5.69 Å². The van der Waals surface area contributed by atoms with Gasteiger partial charge in [0.15, 0.2) is 0 Å². The molecule has 18 heavy (non-hydrogen) atoms. The lowest BCUT2D eigenvalue weighted by molar-refractivity contribution is 0.185. The van der Waals surface area contributed by atoms with Crippen molar-refractivity contribution in [2.45, 2.75) is 4.90 Å². The van der Waals surface area contributed by atoms with Crippen LogP contribution >= 0.6 is 12.2 Å². The van der Waals surface area contributed by atoms with E-state index in [1.165, 1.54) is 36.8 Å². The number of rotatable bonds is 6. The molecule has 1 rings (SSSR count). The Morgan fingerprint density at radius 2 is 2.28 bits per heavy atom. The van der Waals surface area contributed by atoms with E-state index in [1.54, 1.807) is 0 Å². The van der Waals surface area contributed by atoms with Crippen molar-refractivity contribution in [1.29, 1.82) is 0 Å². The largest absolute Gasteiger partial charge is 0.388 e. The average Bonchev–Trinajstić information content (AvgIpc) is 2.35. The van der Waals surface area contributed by atoms with Crippen LogP contribution in [0.15, 0.2) is 23.2 Å². The summed E-state index contributed by atoms with van der Waals surface area (Å²) in [6.45, 7) is 0.545. The second-order valence-corrected chi connectivity index (χ2v) is 5.99. The van der Waals surface area contributed by atoms with Gasteiger partial charge in [-0.3, -0.25) is 4.98 Å². The third-order valence-electron chi connectivity index (χ3n) is 2.30. The monoisotopic (exact) mass is 289 g/mol. The molecule has 2 N–H and O–H groups in total. The molecule has 0 saturated heterocycles. The smallest absolute Gasteiger partial charge is 0.245 e. The fourth-order valence-electron chi connectivity index (χ4n) is 1.29. The zero-order valence-corrected chi connectivity index (χ0v) is 11.8. The number of likely N-dealkylation sites (N-methyl/N-ethyl adjacent to an activating group) is 1. The first kappa shape index (κ1) is 15.0. The number of nitrogens with zero attached hydrogens (tertiary/aromatic N) is 2. The zero-order chi connectivity index (χ0) is 13.8. The summed E-state index contributed by atoms with van der Waals surface area (Å²) in [4.78, 5) is 3.87. The molecular formula is C10H15N3O3S2. The van der Waals surface area contributed by atoms with Crippen LogP contribution in [0.3, 0.4) is 0 Å². The zero-order valence-electron chi connectivity index (χ0n) is 10.2. The molecule has 0 aliphatic rings. The molecule has 0 atom stereocenters. The summed E-state index contributed by atoms with van der Waals surface area (Å²) in [5.41, 5.74) is 5.58. The third kappa shape index (κ3) is 3.22. The number of pyridine rings is 1. The van der Waals surface area contributed by atoms with Crippen molar-refractivity contribution in [3.05, 3.63) is 24.0 Å². The Bertz CT molecular complexity index is 531. The molecule has 0 unspecified atom stereocenters. The van der Waals surface area contributed by atoms with E-state index in [9.17, 15) is 8.42 Å². The van der Waals surface area contributed by atoms with E-state index in [-0.39, 0.29) is 22.1 Å². The Balaban J connectivity index is 3.16. The van der Waals surface area contributed by atoms with E-state index in [0.29, 0.717) is 6.61 Å². The first-order valence-electron chi connectivity index (χ1n) is 5.11. The highest BCUT2D eigenvalue weighted by atomic mass is 32.2. The van der Waals surface area contributed by atoms with Gasteiger partial charge in [-0.25, -0.2) is 8.42 Å². The average molecular weight is 289 g/mol. The van der Waals surface area contributed by atoms with Gasteiger partial charge in [-0.1, -0.05) is 12.2 Å². The van der Waals surface area contributed by atoms with E-state index >= 15 is 0 Å². The molecule has 100 valence electrons. The van der Waals surface area contributed by atoms with Gasteiger partial charge in [0.1, 0.15) is 15.6 Å². The quantitative estimate of drug-likeness (QED) is 0.741. The van der Waals surface area contributed by atoms with Gasteiger partial charge in [-0.15, -0.1) is 0 Å². The topological polar surface area (TPSA) is 85.5 Å². The number of thiocarbonyl (C=S) groups is 1. The highest BCUT2D eigenvalue weighted by Crippen LogP contribution is 2.17. The van der Waals surface area contributed by atoms with Crippen LogP contribution in [0.25, 0.3) is 0 Å². The highest BCUT2D eigenvalue weighted by Gasteiger charge is 2.25. The fraction of sp³-hybridized carbons (Fsp3) is 0.400. The number of nitrogens with two attached hydrogens (primary N) is 1. The Morgan fingerprint density at radius 1 is 1.61 bits per heavy atom. The van der Waals surface area contributed by atoms with Crippen molar-refractivity contribution in [2.75, 3.05) is 27.3 Å². The van der Waals surface area contributed by atoms with Crippen LogP contribution in [-0.4, -0.2) is 50.0 Å². The second-order valence-electron chi connectivity index (χ2n) is 3.53. The van der Waals surface area contributed by atoms with Gasteiger partial charge in [0.25, 0.3) is 0 Å². The first-order chi connectivity index (χ1) is 8.41. The molecule has 0 saturated carbocycles. The lowest BCUT2D eigenvalue weighted by atomic mass is 10.3. The van der Waals surface area contributed by atoms with E-state index in [0.717, 1.165) is 0 Å². The summed E-state index contributed by atoms with van der Waals surface area (Å²) >= 11 is 4.80. The van der Waals surface area contributed by atoms with Crippen molar-refractivity contribution in [1.82, 2.24) is 9.29 Å². The second kappa shape index (κ2) is 6.19. The maximum atomic E-state index is 12.3. The molecule has 0 spiro atoms. The third-order valence-corrected chi connectivity index (χ3v) is 4.38. The number of aromatic nitrogens is 1. The van der Waals surface area contributed by atoms with Gasteiger partial charge in [0.05, 0.1) is 6.61 Å². The number of hydrogen-bond acceptors (Lipinski definition) is 5. The van der Waals surface area contributed by atoms with Crippen LogP contribution in [0.2, 0.25) is 0 Å². The fourth-order valence-corrected chi connectivity index (χ4v) is 2.83. The van der Waals surface area contributed by atoms with Crippen LogP contribution in [-0.2, 0) is 14.8 Å². The normalized spacial score (nSPS) is 11.7. The van der Waals surface area contributed by atoms with Crippen molar-refractivity contribution in [3.8, 4) is 0 Å². The van der Waals surface area contributed by atoms with E-state index in [1.807, 2.05) is 0 Å². The van der Waals surface area contributed by atoms with Crippen molar-refractivity contribution in [3.63, 3.8) is 0 Å². The summed E-state index contributed by atoms with van der Waals surface area (Å²) in [5.74, 6) is 0. The molecule has 8 heteroatoms. The molecule has 1 aromatic heterocycles. The minimum Gasteiger partial charge on any atom is -0.388 e. The number of hydrogen-bond donors (Lipinski definition) is 1. The van der Waals surface area contributed by atoms with E-state index in [4.69, 9.17) is 22.7 Å². The molecule has 6 nitrogen and oxygen atoms in total. The molecule has 0 aliphatic heterocycles. The lowest BCUT2D eigenvalue weighted by Gasteiger charge is -2.17. The number of sulfonamides is 1. The van der Waals surface area contributed by atoms with Crippen LogP contribution in [0.4, 0.5) is 0 Å². The summed E-state index contributed by atoms with van der Waals surface area (Å²) in [6, 6.07) is 2.96. The van der Waals surface area contributed by atoms with Gasteiger partial charge in [0.2, 0.25) is 10.0 Å². The predicted octanol–water partition coefficient (Wildman–Crippen LogP) is -0.0173. The molecule has 1 heterocycles. The minimum atomic E-state index is -3.66. The van der Waals surface area contributed by atoms with Gasteiger partial charge in [-0.05, 0) is 12.1 Å². The Kier molecular flexibility index (Phi) is 5.15. The SMILES string of the molecule is COCCN(C)S(=O)(=O)c1cccnc1C(N)=S. The Hall–Kier alpha value is -1.09. The number of methoxy groups -OCH3 is 1. The van der Waals surface area contributed by atoms with Crippen LogP contribution < -0.4 is 5.73 Å². The molecule has 0 fully saturated rings. The maximum absolute atomic E-state index is 12.3. The first-order valence-corrected chi connectivity index (χ1v) is 6.96. The maximum Gasteiger partial charge on any atom is 0.245 e. The highest BCUT2D eigenvalue weighted by molar-refractivity contribution is 7.89. The van der Waals surface area contributed by atoms with Crippen molar-refractivity contribution in [2.24, 2.45) is 5.73 Å². The molecule has 0 radical (unpaired) electrons. The summed E-state index contributed by atoms with van der Waals surface area (Å²) < 4.78 is 30.6. The Labute approximate surface area is 112 Å². The van der Waals surface area contributed by atoms with E-state index < -0.39 is 10.0 Å². The predicted molar refractivity (Wildman–Crippen MR) is 71.8 cm³/mol. The molecule has 0 bridgehead atoms. The van der Waals surface area contributed by atoms with Gasteiger partial charge < -0.3 is 10.5 Å². The number of ether oxygens (including phenoxy) is 1. The molecule has 1 aromatic rings. The van der Waals surface area contributed by atoms with Gasteiger partial charge in [0, 0.05) is 26.9 Å². The van der Waals surface area contributed by atoms with Crippen LogP contribution in [0.5, 0.6) is 0 Å². The lowest BCUT2D eigenvalue weighted by Crippen LogP contribution is -2.32. The van der Waals surface area contributed by atoms with Gasteiger partial charge >= 0.3 is 0 Å².